The minimum Gasteiger partial charge on any atom is -0.249 e. The molecule has 0 unspecified atom stereocenters. The average Bonchev–Trinajstić information content (AvgIpc) is 2.62. The standard InChI is InChI=1S/C8H6ClN3S/c9-8-10-2-6(3-11-8)1-7-4-13-5-12-7/h2-5H,1H2. The van der Waals surface area contributed by atoms with E-state index in [9.17, 15) is 0 Å². The average molecular weight is 212 g/mol. The molecule has 0 radical (unpaired) electrons. The topological polar surface area (TPSA) is 38.7 Å². The van der Waals surface area contributed by atoms with Crippen molar-refractivity contribution in [2.24, 2.45) is 0 Å². The van der Waals surface area contributed by atoms with Crippen molar-refractivity contribution in [1.82, 2.24) is 15.0 Å². The fourth-order valence-corrected chi connectivity index (χ4v) is 1.62. The van der Waals surface area contributed by atoms with E-state index in [-0.39, 0.29) is 5.28 Å². The van der Waals surface area contributed by atoms with E-state index in [0.29, 0.717) is 0 Å². The Balaban J connectivity index is 2.15. The summed E-state index contributed by atoms with van der Waals surface area (Å²) in [6.07, 6.45) is 4.20. The zero-order valence-corrected chi connectivity index (χ0v) is 8.22. The van der Waals surface area contributed by atoms with Crippen LogP contribution in [-0.2, 0) is 6.42 Å². The molecule has 0 saturated heterocycles. The summed E-state index contributed by atoms with van der Waals surface area (Å²) >= 11 is 7.14. The van der Waals surface area contributed by atoms with Crippen molar-refractivity contribution in [2.45, 2.75) is 6.42 Å². The molecule has 0 aliphatic heterocycles. The summed E-state index contributed by atoms with van der Waals surface area (Å²) in [6.45, 7) is 0. The Hall–Kier alpha value is -1.00. The first-order valence-electron chi connectivity index (χ1n) is 3.68. The molecule has 2 aromatic rings. The maximum Gasteiger partial charge on any atom is 0.222 e. The van der Waals surface area contributed by atoms with E-state index in [1.807, 2.05) is 10.9 Å². The molecule has 2 aromatic heterocycles. The van der Waals surface area contributed by atoms with Crippen molar-refractivity contribution in [2.75, 3.05) is 0 Å². The molecule has 0 bridgehead atoms. The van der Waals surface area contributed by atoms with Gasteiger partial charge in [-0.15, -0.1) is 11.3 Å². The van der Waals surface area contributed by atoms with Gasteiger partial charge in [-0.2, -0.15) is 0 Å². The minimum absolute atomic E-state index is 0.280. The molecule has 0 atom stereocenters. The molecule has 5 heteroatoms. The molecule has 2 rings (SSSR count). The highest BCUT2D eigenvalue weighted by Crippen LogP contribution is 2.08. The first-order chi connectivity index (χ1) is 6.34. The summed E-state index contributed by atoms with van der Waals surface area (Å²) < 4.78 is 0. The smallest absolute Gasteiger partial charge is 0.222 e. The van der Waals surface area contributed by atoms with Gasteiger partial charge in [-0.05, 0) is 17.2 Å². The van der Waals surface area contributed by atoms with Crippen LogP contribution in [0, 0.1) is 0 Å². The Morgan fingerprint density at radius 2 is 2.00 bits per heavy atom. The van der Waals surface area contributed by atoms with Crippen molar-refractivity contribution in [1.29, 1.82) is 0 Å². The zero-order chi connectivity index (χ0) is 9.10. The fourth-order valence-electron chi connectivity index (χ4n) is 0.964. The molecular formula is C8H6ClN3S. The van der Waals surface area contributed by atoms with Crippen molar-refractivity contribution >= 4 is 22.9 Å². The minimum atomic E-state index is 0.280. The first-order valence-corrected chi connectivity index (χ1v) is 5.00. The lowest BCUT2D eigenvalue weighted by Crippen LogP contribution is -1.91. The largest absolute Gasteiger partial charge is 0.249 e. The number of halogens is 1. The first kappa shape index (κ1) is 8.59. The van der Waals surface area contributed by atoms with Crippen molar-refractivity contribution in [3.05, 3.63) is 39.8 Å². The number of rotatable bonds is 2. The molecule has 2 heterocycles. The summed E-state index contributed by atoms with van der Waals surface area (Å²) in [5.74, 6) is 0. The Labute approximate surface area is 84.5 Å². The summed E-state index contributed by atoms with van der Waals surface area (Å²) in [7, 11) is 0. The number of hydrogen-bond donors (Lipinski definition) is 0. The number of hydrogen-bond acceptors (Lipinski definition) is 4. The summed E-state index contributed by atoms with van der Waals surface area (Å²) in [5.41, 5.74) is 3.87. The lowest BCUT2D eigenvalue weighted by molar-refractivity contribution is 1.04. The molecule has 0 aliphatic rings. The third-order valence-electron chi connectivity index (χ3n) is 1.54. The van der Waals surface area contributed by atoms with Crippen molar-refractivity contribution < 1.29 is 0 Å². The van der Waals surface area contributed by atoms with Crippen LogP contribution in [0.1, 0.15) is 11.3 Å². The number of thiazole rings is 1. The Kier molecular flexibility index (Phi) is 2.52. The molecule has 13 heavy (non-hydrogen) atoms. The van der Waals surface area contributed by atoms with Crippen LogP contribution in [0.15, 0.2) is 23.3 Å². The van der Waals surface area contributed by atoms with E-state index in [2.05, 4.69) is 15.0 Å². The second kappa shape index (κ2) is 3.81. The third-order valence-corrected chi connectivity index (χ3v) is 2.37. The van der Waals surface area contributed by atoms with Gasteiger partial charge >= 0.3 is 0 Å². The van der Waals surface area contributed by atoms with E-state index < -0.39 is 0 Å². The predicted molar refractivity (Wildman–Crippen MR) is 52.0 cm³/mol. The van der Waals surface area contributed by atoms with Crippen molar-refractivity contribution in [3.8, 4) is 0 Å². The Morgan fingerprint density at radius 3 is 2.62 bits per heavy atom. The summed E-state index contributed by atoms with van der Waals surface area (Å²) in [6, 6.07) is 0. The van der Waals surface area contributed by atoms with Crippen LogP contribution in [0.25, 0.3) is 0 Å². The van der Waals surface area contributed by atoms with Crippen LogP contribution in [-0.4, -0.2) is 15.0 Å². The molecule has 0 spiro atoms. The quantitative estimate of drug-likeness (QED) is 0.715. The maximum absolute atomic E-state index is 5.56. The second-order valence-corrected chi connectivity index (χ2v) is 3.57. The van der Waals surface area contributed by atoms with Gasteiger partial charge in [0.05, 0.1) is 11.2 Å². The van der Waals surface area contributed by atoms with Crippen LogP contribution in [0.2, 0.25) is 5.28 Å². The van der Waals surface area contributed by atoms with Crippen LogP contribution >= 0.6 is 22.9 Å². The predicted octanol–water partition coefficient (Wildman–Crippen LogP) is 2.18. The van der Waals surface area contributed by atoms with E-state index in [0.717, 1.165) is 17.7 Å². The lowest BCUT2D eigenvalue weighted by Gasteiger charge is -1.95. The highest BCUT2D eigenvalue weighted by Gasteiger charge is 1.98. The number of nitrogens with zero attached hydrogens (tertiary/aromatic N) is 3. The monoisotopic (exact) mass is 211 g/mol. The molecular weight excluding hydrogens is 206 g/mol. The highest BCUT2D eigenvalue weighted by atomic mass is 35.5. The molecule has 0 fully saturated rings. The highest BCUT2D eigenvalue weighted by molar-refractivity contribution is 7.07. The fraction of sp³-hybridized carbons (Fsp3) is 0.125. The van der Waals surface area contributed by atoms with Crippen LogP contribution < -0.4 is 0 Å². The van der Waals surface area contributed by atoms with Gasteiger partial charge in [0, 0.05) is 24.2 Å². The lowest BCUT2D eigenvalue weighted by atomic mass is 10.2. The molecule has 0 N–H and O–H groups in total. The van der Waals surface area contributed by atoms with E-state index in [1.54, 1.807) is 23.7 Å². The van der Waals surface area contributed by atoms with Gasteiger partial charge in [0.25, 0.3) is 0 Å². The number of aromatic nitrogens is 3. The maximum atomic E-state index is 5.56. The van der Waals surface area contributed by atoms with Gasteiger partial charge in [0.15, 0.2) is 0 Å². The third kappa shape index (κ3) is 2.23. The van der Waals surface area contributed by atoms with E-state index in [4.69, 9.17) is 11.6 Å². The summed E-state index contributed by atoms with van der Waals surface area (Å²) in [4.78, 5) is 11.9. The van der Waals surface area contributed by atoms with Gasteiger partial charge < -0.3 is 0 Å². The van der Waals surface area contributed by atoms with Crippen LogP contribution in [0.5, 0.6) is 0 Å². The van der Waals surface area contributed by atoms with Gasteiger partial charge in [-0.3, -0.25) is 0 Å². The summed E-state index contributed by atoms with van der Waals surface area (Å²) in [5, 5.41) is 2.29. The molecule has 3 nitrogen and oxygen atoms in total. The second-order valence-electron chi connectivity index (χ2n) is 2.52. The molecule has 66 valence electrons. The molecule has 0 aromatic carbocycles. The molecule has 0 aliphatic carbocycles. The van der Waals surface area contributed by atoms with E-state index in [1.165, 1.54) is 0 Å². The van der Waals surface area contributed by atoms with E-state index >= 15 is 0 Å². The van der Waals surface area contributed by atoms with Gasteiger partial charge in [-0.25, -0.2) is 15.0 Å². The normalized spacial score (nSPS) is 10.2. The van der Waals surface area contributed by atoms with Crippen LogP contribution in [0.4, 0.5) is 0 Å². The van der Waals surface area contributed by atoms with Gasteiger partial charge in [-0.1, -0.05) is 0 Å². The molecule has 0 saturated carbocycles. The van der Waals surface area contributed by atoms with Gasteiger partial charge in [0.2, 0.25) is 5.28 Å². The Bertz CT molecular complexity index is 371. The zero-order valence-electron chi connectivity index (χ0n) is 6.64. The SMILES string of the molecule is Clc1ncc(Cc2cscn2)cn1. The van der Waals surface area contributed by atoms with Crippen molar-refractivity contribution in [3.63, 3.8) is 0 Å². The Morgan fingerprint density at radius 1 is 1.23 bits per heavy atom. The van der Waals surface area contributed by atoms with Crippen LogP contribution in [0.3, 0.4) is 0 Å². The van der Waals surface area contributed by atoms with Gasteiger partial charge in [0.1, 0.15) is 0 Å². The molecule has 0 amide bonds.